The molecule has 30 heavy (non-hydrogen) atoms. The van der Waals surface area contributed by atoms with Crippen molar-refractivity contribution < 1.29 is 14.6 Å². The number of ether oxygens (including phenoxy) is 1. The van der Waals surface area contributed by atoms with E-state index in [0.717, 1.165) is 33.2 Å². The third kappa shape index (κ3) is 4.27. The van der Waals surface area contributed by atoms with Crippen molar-refractivity contribution in [2.24, 2.45) is 0 Å². The number of fused-ring (bicyclic) bond motifs is 1. The summed E-state index contributed by atoms with van der Waals surface area (Å²) in [6, 6.07) is 9.74. The molecule has 0 saturated carbocycles. The van der Waals surface area contributed by atoms with Crippen LogP contribution < -0.4 is 10.1 Å². The number of hydrogen-bond acceptors (Lipinski definition) is 8. The van der Waals surface area contributed by atoms with E-state index >= 15 is 0 Å². The second-order valence-electron chi connectivity index (χ2n) is 6.51. The minimum absolute atomic E-state index is 0.174. The quantitative estimate of drug-likeness (QED) is 0.403. The Labute approximate surface area is 181 Å². The van der Waals surface area contributed by atoms with Gasteiger partial charge in [0.1, 0.15) is 17.9 Å². The molecule has 2 N–H and O–H groups in total. The Hall–Kier alpha value is -3.04. The molecule has 3 heterocycles. The third-order valence-electron chi connectivity index (χ3n) is 4.42. The van der Waals surface area contributed by atoms with Gasteiger partial charge in [-0.05, 0) is 31.9 Å². The molecule has 0 amide bonds. The van der Waals surface area contributed by atoms with E-state index in [-0.39, 0.29) is 4.88 Å². The molecule has 1 aromatic carbocycles. The van der Waals surface area contributed by atoms with Crippen LogP contribution >= 0.6 is 22.7 Å². The van der Waals surface area contributed by atoms with Crippen LogP contribution in [0.4, 0.5) is 5.82 Å². The number of nitrogens with zero attached hydrogens (tertiary/aromatic N) is 3. The largest absolute Gasteiger partial charge is 0.492 e. The molecule has 7 nitrogen and oxygen atoms in total. The average Bonchev–Trinajstić information content (AvgIpc) is 3.32. The van der Waals surface area contributed by atoms with Gasteiger partial charge in [-0.1, -0.05) is 12.1 Å². The monoisotopic (exact) mass is 440 g/mol. The summed E-state index contributed by atoms with van der Waals surface area (Å²) in [4.78, 5) is 25.5. The van der Waals surface area contributed by atoms with Gasteiger partial charge in [0.05, 0.1) is 32.4 Å². The first kappa shape index (κ1) is 20.2. The fourth-order valence-corrected chi connectivity index (χ4v) is 5.01. The van der Waals surface area contributed by atoms with Crippen LogP contribution in [0, 0.1) is 6.92 Å². The Morgan fingerprint density at radius 3 is 2.90 bits per heavy atom. The van der Waals surface area contributed by atoms with Crippen LogP contribution in [0.3, 0.4) is 0 Å². The number of benzene rings is 1. The van der Waals surface area contributed by atoms with Gasteiger partial charge in [0.15, 0.2) is 4.88 Å². The first-order valence-electron chi connectivity index (χ1n) is 9.46. The summed E-state index contributed by atoms with van der Waals surface area (Å²) in [5.41, 5.74) is 2.95. The number of aromatic carboxylic acids is 1. The maximum atomic E-state index is 11.5. The number of carbonyl (C=O) groups is 1. The molecule has 0 aliphatic carbocycles. The van der Waals surface area contributed by atoms with Crippen molar-refractivity contribution in [3.05, 3.63) is 52.1 Å². The fraction of sp³-hybridized carbons (Fsp3) is 0.238. The molecule has 9 heteroatoms. The molecular weight excluding hydrogens is 420 g/mol. The van der Waals surface area contributed by atoms with Crippen LogP contribution in [0.15, 0.2) is 36.7 Å². The van der Waals surface area contributed by atoms with E-state index in [1.54, 1.807) is 17.4 Å². The number of thiazole rings is 1. The molecule has 4 rings (SSSR count). The maximum absolute atomic E-state index is 11.5. The van der Waals surface area contributed by atoms with Gasteiger partial charge >= 0.3 is 5.97 Å². The van der Waals surface area contributed by atoms with Crippen molar-refractivity contribution in [1.82, 2.24) is 15.0 Å². The van der Waals surface area contributed by atoms with E-state index in [2.05, 4.69) is 26.3 Å². The van der Waals surface area contributed by atoms with E-state index < -0.39 is 5.97 Å². The molecule has 0 aliphatic rings. The zero-order chi connectivity index (χ0) is 21.1. The summed E-state index contributed by atoms with van der Waals surface area (Å²) in [7, 11) is 0. The molecule has 0 fully saturated rings. The smallest absolute Gasteiger partial charge is 0.349 e. The zero-order valence-corrected chi connectivity index (χ0v) is 18.1. The van der Waals surface area contributed by atoms with Gasteiger partial charge in [-0.25, -0.2) is 19.7 Å². The number of carboxylic acids is 1. The molecule has 0 atom stereocenters. The van der Waals surface area contributed by atoms with Crippen molar-refractivity contribution in [2.45, 2.75) is 20.3 Å². The highest BCUT2D eigenvalue weighted by Gasteiger charge is 2.18. The lowest BCUT2D eigenvalue weighted by Crippen LogP contribution is -2.06. The lowest BCUT2D eigenvalue weighted by molar-refractivity contribution is 0.0698. The van der Waals surface area contributed by atoms with E-state index in [1.165, 1.54) is 16.6 Å². The maximum Gasteiger partial charge on any atom is 0.349 e. The normalized spacial score (nSPS) is 11.0. The minimum Gasteiger partial charge on any atom is -0.492 e. The summed E-state index contributed by atoms with van der Waals surface area (Å²) < 4.78 is 6.67. The number of rotatable bonds is 8. The Bertz CT molecular complexity index is 1200. The van der Waals surface area contributed by atoms with Crippen LogP contribution in [-0.2, 0) is 6.42 Å². The molecule has 0 spiro atoms. The van der Waals surface area contributed by atoms with Crippen LogP contribution in [0.25, 0.3) is 20.8 Å². The SMILES string of the molecule is CCOc1cc(-c2cc(NCCc3cccc4nc(C)sc34)ncn2)sc1C(=O)O. The summed E-state index contributed by atoms with van der Waals surface area (Å²) >= 11 is 2.86. The minimum atomic E-state index is -1.01. The van der Waals surface area contributed by atoms with Crippen LogP contribution in [0.1, 0.15) is 27.2 Å². The van der Waals surface area contributed by atoms with Crippen LogP contribution in [0.2, 0.25) is 0 Å². The number of anilines is 1. The van der Waals surface area contributed by atoms with Crippen molar-refractivity contribution >= 4 is 44.7 Å². The van der Waals surface area contributed by atoms with Crippen LogP contribution in [0.5, 0.6) is 5.75 Å². The van der Waals surface area contributed by atoms with Gasteiger partial charge in [0.2, 0.25) is 0 Å². The van der Waals surface area contributed by atoms with Crippen molar-refractivity contribution in [3.63, 3.8) is 0 Å². The predicted octanol–water partition coefficient (Wildman–Crippen LogP) is 4.87. The first-order valence-corrected chi connectivity index (χ1v) is 11.1. The van der Waals surface area contributed by atoms with Gasteiger partial charge in [-0.15, -0.1) is 22.7 Å². The number of thiophene rings is 1. The molecule has 0 aliphatic heterocycles. The van der Waals surface area contributed by atoms with Crippen molar-refractivity contribution in [3.8, 4) is 16.3 Å². The predicted molar refractivity (Wildman–Crippen MR) is 120 cm³/mol. The fourth-order valence-electron chi connectivity index (χ4n) is 3.14. The summed E-state index contributed by atoms with van der Waals surface area (Å²) in [6.45, 7) is 4.96. The molecule has 154 valence electrons. The van der Waals surface area contributed by atoms with Gasteiger partial charge in [0.25, 0.3) is 0 Å². The lowest BCUT2D eigenvalue weighted by atomic mass is 10.1. The van der Waals surface area contributed by atoms with E-state index in [0.29, 0.717) is 30.4 Å². The highest BCUT2D eigenvalue weighted by atomic mass is 32.1. The number of carboxylic acid groups (broad SMARTS) is 1. The molecule has 0 bridgehead atoms. The zero-order valence-electron chi connectivity index (χ0n) is 16.5. The number of aryl methyl sites for hydroxylation is 1. The second kappa shape index (κ2) is 8.76. The Morgan fingerprint density at radius 2 is 2.10 bits per heavy atom. The molecular formula is C21H20N4O3S2. The number of nitrogens with one attached hydrogen (secondary N) is 1. The van der Waals surface area contributed by atoms with Crippen LogP contribution in [-0.4, -0.2) is 39.2 Å². The average molecular weight is 441 g/mol. The molecule has 3 aromatic heterocycles. The van der Waals surface area contributed by atoms with E-state index in [4.69, 9.17) is 4.74 Å². The summed E-state index contributed by atoms with van der Waals surface area (Å²) in [5, 5.41) is 13.8. The summed E-state index contributed by atoms with van der Waals surface area (Å²) in [5.74, 6) is 0.0524. The van der Waals surface area contributed by atoms with Gasteiger partial charge in [0, 0.05) is 18.7 Å². The molecule has 0 unspecified atom stereocenters. The van der Waals surface area contributed by atoms with Crippen molar-refractivity contribution in [1.29, 1.82) is 0 Å². The lowest BCUT2D eigenvalue weighted by Gasteiger charge is -2.07. The number of aromatic nitrogens is 3. The Morgan fingerprint density at radius 1 is 1.23 bits per heavy atom. The van der Waals surface area contributed by atoms with Gasteiger partial charge in [-0.3, -0.25) is 0 Å². The number of hydrogen-bond donors (Lipinski definition) is 2. The van der Waals surface area contributed by atoms with Crippen molar-refractivity contribution in [2.75, 3.05) is 18.5 Å². The molecule has 0 saturated heterocycles. The molecule has 4 aromatic rings. The van der Waals surface area contributed by atoms with E-state index in [1.807, 2.05) is 32.0 Å². The second-order valence-corrected chi connectivity index (χ2v) is 8.76. The topological polar surface area (TPSA) is 97.2 Å². The summed E-state index contributed by atoms with van der Waals surface area (Å²) in [6.07, 6.45) is 2.32. The first-order chi connectivity index (χ1) is 14.5. The standard InChI is InChI=1S/C21H20N4O3S2/c1-3-28-16-10-17(30-20(16)21(26)27)15-9-18(24-11-23-15)22-8-7-13-5-4-6-14-19(13)29-12(2)25-14/h4-6,9-11H,3,7-8H2,1-2H3,(H,26,27)(H,22,23,24). The van der Waals surface area contributed by atoms with Gasteiger partial charge < -0.3 is 15.2 Å². The highest BCUT2D eigenvalue weighted by molar-refractivity contribution is 7.18. The Balaban J connectivity index is 1.49. The van der Waals surface area contributed by atoms with Gasteiger partial charge in [-0.2, -0.15) is 0 Å². The molecule has 0 radical (unpaired) electrons. The Kier molecular flexibility index (Phi) is 5.91. The third-order valence-corrected chi connectivity index (χ3v) is 6.60. The highest BCUT2D eigenvalue weighted by Crippen LogP contribution is 2.36. The van der Waals surface area contributed by atoms with E-state index in [9.17, 15) is 9.90 Å².